The van der Waals surface area contributed by atoms with Crippen molar-refractivity contribution in [1.29, 1.82) is 0 Å². The summed E-state index contributed by atoms with van der Waals surface area (Å²) in [6, 6.07) is 1.79. The van der Waals surface area contributed by atoms with E-state index in [0.717, 1.165) is 10.2 Å². The summed E-state index contributed by atoms with van der Waals surface area (Å²) in [6.45, 7) is 1.87. The summed E-state index contributed by atoms with van der Waals surface area (Å²) in [5, 5.41) is 8.62. The number of pyridine rings is 1. The molecule has 0 radical (unpaired) electrons. The van der Waals surface area contributed by atoms with Crippen LogP contribution in [-0.2, 0) is 0 Å². The number of nitrogens with zero attached hydrogens (tertiary/aromatic N) is 3. The molecular formula is C9H9BrN6O. The number of hydrogen-bond acceptors (Lipinski definition) is 5. The predicted octanol–water partition coefficient (Wildman–Crippen LogP) is 1.11. The van der Waals surface area contributed by atoms with Crippen LogP contribution in [0, 0.1) is 6.92 Å². The van der Waals surface area contributed by atoms with E-state index in [-0.39, 0.29) is 11.8 Å². The van der Waals surface area contributed by atoms with Crippen LogP contribution >= 0.6 is 15.9 Å². The van der Waals surface area contributed by atoms with Crippen LogP contribution in [-0.4, -0.2) is 26.1 Å². The van der Waals surface area contributed by atoms with Crippen molar-refractivity contribution in [2.75, 3.05) is 11.1 Å². The fourth-order valence-electron chi connectivity index (χ4n) is 1.19. The first kappa shape index (κ1) is 11.5. The molecule has 0 saturated heterocycles. The molecule has 2 aromatic rings. The Kier molecular flexibility index (Phi) is 3.05. The number of hydrogen-bond donors (Lipinski definition) is 3. The molecule has 0 aromatic carbocycles. The molecule has 17 heavy (non-hydrogen) atoms. The van der Waals surface area contributed by atoms with Crippen LogP contribution < -0.4 is 11.1 Å². The fraction of sp³-hybridized carbons (Fsp3) is 0.111. The van der Waals surface area contributed by atoms with E-state index in [4.69, 9.17) is 5.73 Å². The van der Waals surface area contributed by atoms with Gasteiger partial charge in [0.15, 0.2) is 0 Å². The van der Waals surface area contributed by atoms with Gasteiger partial charge in [0.2, 0.25) is 11.8 Å². The van der Waals surface area contributed by atoms with Crippen LogP contribution in [0.2, 0.25) is 0 Å². The lowest BCUT2D eigenvalue weighted by atomic mass is 10.3. The van der Waals surface area contributed by atoms with Gasteiger partial charge in [-0.1, -0.05) is 0 Å². The van der Waals surface area contributed by atoms with Gasteiger partial charge in [-0.15, -0.1) is 5.10 Å². The van der Waals surface area contributed by atoms with E-state index in [2.05, 4.69) is 41.4 Å². The quantitative estimate of drug-likeness (QED) is 0.719. The second-order valence-corrected chi connectivity index (χ2v) is 4.08. The van der Waals surface area contributed by atoms with Gasteiger partial charge < -0.3 is 11.1 Å². The average molecular weight is 297 g/mol. The van der Waals surface area contributed by atoms with Crippen LogP contribution in [0.3, 0.4) is 0 Å². The molecule has 0 saturated carbocycles. The summed E-state index contributed by atoms with van der Waals surface area (Å²) >= 11 is 3.27. The third-order valence-corrected chi connectivity index (χ3v) is 2.82. The number of aromatic nitrogens is 4. The Balaban J connectivity index is 2.15. The van der Waals surface area contributed by atoms with Gasteiger partial charge in [-0.25, -0.2) is 4.98 Å². The van der Waals surface area contributed by atoms with Crippen molar-refractivity contribution >= 4 is 33.5 Å². The molecule has 8 heteroatoms. The Morgan fingerprint density at radius 2 is 2.35 bits per heavy atom. The van der Waals surface area contributed by atoms with Crippen molar-refractivity contribution in [2.24, 2.45) is 0 Å². The Morgan fingerprint density at radius 3 is 2.94 bits per heavy atom. The molecule has 2 rings (SSSR count). The Morgan fingerprint density at radius 1 is 1.59 bits per heavy atom. The average Bonchev–Trinajstić information content (AvgIpc) is 2.70. The molecule has 0 aliphatic rings. The standard InChI is InChI=1S/C9H9BrN6O/c1-4-2-5(3-12-6(4)10)13-8(17)7-14-9(11)16-15-7/h2-3H,1H3,(H,13,17)(H3,11,14,15,16). The van der Waals surface area contributed by atoms with Gasteiger partial charge in [-0.05, 0) is 34.5 Å². The first-order chi connectivity index (χ1) is 8.06. The van der Waals surface area contributed by atoms with E-state index in [1.54, 1.807) is 6.07 Å². The zero-order chi connectivity index (χ0) is 12.4. The second-order valence-electron chi connectivity index (χ2n) is 3.33. The monoisotopic (exact) mass is 296 g/mol. The zero-order valence-electron chi connectivity index (χ0n) is 8.86. The molecule has 2 aromatic heterocycles. The number of anilines is 2. The highest BCUT2D eigenvalue weighted by Gasteiger charge is 2.11. The molecule has 0 spiro atoms. The van der Waals surface area contributed by atoms with Crippen LogP contribution in [0.15, 0.2) is 16.9 Å². The fourth-order valence-corrected chi connectivity index (χ4v) is 1.41. The van der Waals surface area contributed by atoms with Gasteiger partial charge in [0.1, 0.15) is 4.60 Å². The van der Waals surface area contributed by atoms with E-state index >= 15 is 0 Å². The maximum atomic E-state index is 11.7. The summed E-state index contributed by atoms with van der Waals surface area (Å²) in [5.74, 6) is -0.332. The number of aryl methyl sites for hydroxylation is 1. The van der Waals surface area contributed by atoms with Gasteiger partial charge in [0, 0.05) is 0 Å². The van der Waals surface area contributed by atoms with Crippen LogP contribution in [0.4, 0.5) is 11.6 Å². The van der Waals surface area contributed by atoms with Crippen molar-refractivity contribution in [1.82, 2.24) is 20.2 Å². The summed E-state index contributed by atoms with van der Waals surface area (Å²) in [6.07, 6.45) is 1.54. The minimum atomic E-state index is -0.419. The number of aromatic amines is 1. The second kappa shape index (κ2) is 4.50. The number of rotatable bonds is 2. The molecule has 0 fully saturated rings. The maximum absolute atomic E-state index is 11.7. The molecule has 0 unspecified atom stereocenters. The Bertz CT molecular complexity index is 566. The SMILES string of the molecule is Cc1cc(NC(=O)c2nc(N)n[nH]2)cnc1Br. The minimum absolute atomic E-state index is 0.0280. The molecule has 2 heterocycles. The third-order valence-electron chi connectivity index (χ3n) is 1.99. The molecule has 0 aliphatic carbocycles. The van der Waals surface area contributed by atoms with Crippen molar-refractivity contribution in [3.63, 3.8) is 0 Å². The number of nitrogens with two attached hydrogens (primary N) is 1. The van der Waals surface area contributed by atoms with Crippen molar-refractivity contribution < 1.29 is 4.79 Å². The Labute approximate surface area is 105 Å². The summed E-state index contributed by atoms with van der Waals surface area (Å²) in [7, 11) is 0. The van der Waals surface area contributed by atoms with Gasteiger partial charge in [0.25, 0.3) is 5.91 Å². The van der Waals surface area contributed by atoms with Crippen molar-refractivity contribution in [3.05, 3.63) is 28.3 Å². The summed E-state index contributed by atoms with van der Waals surface area (Å²) in [4.78, 5) is 19.5. The van der Waals surface area contributed by atoms with Crippen LogP contribution in [0.1, 0.15) is 16.2 Å². The third kappa shape index (κ3) is 2.59. The first-order valence-corrected chi connectivity index (χ1v) is 5.47. The number of carbonyl (C=O) groups excluding carboxylic acids is 1. The van der Waals surface area contributed by atoms with E-state index in [9.17, 15) is 4.79 Å². The summed E-state index contributed by atoms with van der Waals surface area (Å²) in [5.41, 5.74) is 6.79. The summed E-state index contributed by atoms with van der Waals surface area (Å²) < 4.78 is 0.736. The highest BCUT2D eigenvalue weighted by Crippen LogP contribution is 2.16. The molecule has 0 bridgehead atoms. The number of halogens is 1. The lowest BCUT2D eigenvalue weighted by Gasteiger charge is -2.04. The number of nitrogen functional groups attached to an aromatic ring is 1. The molecule has 0 atom stereocenters. The van der Waals surface area contributed by atoms with Crippen molar-refractivity contribution in [2.45, 2.75) is 6.92 Å². The number of carbonyl (C=O) groups is 1. The highest BCUT2D eigenvalue weighted by atomic mass is 79.9. The molecular weight excluding hydrogens is 288 g/mol. The lowest BCUT2D eigenvalue weighted by molar-refractivity contribution is 0.101. The van der Waals surface area contributed by atoms with Gasteiger partial charge in [0.05, 0.1) is 11.9 Å². The topological polar surface area (TPSA) is 110 Å². The first-order valence-electron chi connectivity index (χ1n) is 4.67. The smallest absolute Gasteiger partial charge is 0.293 e. The normalized spacial score (nSPS) is 10.2. The number of nitrogens with one attached hydrogen (secondary N) is 2. The molecule has 0 aliphatic heterocycles. The minimum Gasteiger partial charge on any atom is -0.366 e. The van der Waals surface area contributed by atoms with Gasteiger partial charge in [-0.3, -0.25) is 9.89 Å². The van der Waals surface area contributed by atoms with Crippen LogP contribution in [0.25, 0.3) is 0 Å². The van der Waals surface area contributed by atoms with Gasteiger partial charge in [-0.2, -0.15) is 4.98 Å². The lowest BCUT2D eigenvalue weighted by Crippen LogP contribution is -2.14. The molecule has 88 valence electrons. The largest absolute Gasteiger partial charge is 0.366 e. The number of amides is 1. The van der Waals surface area contributed by atoms with E-state index < -0.39 is 5.91 Å². The Hall–Kier alpha value is -1.96. The predicted molar refractivity (Wildman–Crippen MR) is 65.4 cm³/mol. The van der Waals surface area contributed by atoms with Crippen LogP contribution in [0.5, 0.6) is 0 Å². The van der Waals surface area contributed by atoms with E-state index in [1.165, 1.54) is 6.20 Å². The van der Waals surface area contributed by atoms with Gasteiger partial charge >= 0.3 is 0 Å². The zero-order valence-corrected chi connectivity index (χ0v) is 10.4. The van der Waals surface area contributed by atoms with E-state index in [0.29, 0.717) is 5.69 Å². The molecule has 7 nitrogen and oxygen atoms in total. The number of H-pyrrole nitrogens is 1. The molecule has 4 N–H and O–H groups in total. The highest BCUT2D eigenvalue weighted by molar-refractivity contribution is 9.10. The van der Waals surface area contributed by atoms with Crippen molar-refractivity contribution in [3.8, 4) is 0 Å². The van der Waals surface area contributed by atoms with E-state index in [1.807, 2.05) is 6.92 Å². The maximum Gasteiger partial charge on any atom is 0.293 e. The molecule has 1 amide bonds.